The molecular formula is C13H24N4O. The molecule has 5 nitrogen and oxygen atoms in total. The molecule has 1 atom stereocenters. The summed E-state index contributed by atoms with van der Waals surface area (Å²) in [5, 5.41) is 14.4. The highest BCUT2D eigenvalue weighted by Crippen LogP contribution is 2.13. The van der Waals surface area contributed by atoms with Crippen molar-refractivity contribution in [3.63, 3.8) is 0 Å². The quantitative estimate of drug-likeness (QED) is 0.669. The highest BCUT2D eigenvalue weighted by Gasteiger charge is 2.20. The summed E-state index contributed by atoms with van der Waals surface area (Å²) in [5.41, 5.74) is 0. The van der Waals surface area contributed by atoms with Crippen molar-refractivity contribution in [2.24, 2.45) is 5.92 Å². The lowest BCUT2D eigenvalue weighted by Gasteiger charge is -2.32. The Morgan fingerprint density at radius 3 is 2.94 bits per heavy atom. The third kappa shape index (κ3) is 5.48. The fraction of sp³-hybridized carbons (Fsp3) is 0.846. The number of piperidine rings is 1. The standard InChI is InChI=1S/C13H24N4O/c1-11(2)17(10-13(18)16-7-5-14)9-12-4-3-6-15-8-12/h11-12,15H,3-4,6-10H2,1-2H3,(H,16,18). The highest BCUT2D eigenvalue weighted by atomic mass is 16.2. The number of nitrogens with zero attached hydrogens (tertiary/aromatic N) is 2. The van der Waals surface area contributed by atoms with Gasteiger partial charge in [0.05, 0.1) is 12.6 Å². The summed E-state index contributed by atoms with van der Waals surface area (Å²) in [6, 6.07) is 2.27. The van der Waals surface area contributed by atoms with Crippen LogP contribution in [-0.4, -0.2) is 49.6 Å². The predicted octanol–water partition coefficient (Wildman–Crippen LogP) is 0.336. The Kier molecular flexibility index (Phi) is 6.69. The SMILES string of the molecule is CC(C)N(CC(=O)NCC#N)CC1CCCNC1. The molecule has 102 valence electrons. The van der Waals surface area contributed by atoms with Crippen molar-refractivity contribution in [3.05, 3.63) is 0 Å². The van der Waals surface area contributed by atoms with Crippen molar-refractivity contribution >= 4 is 5.91 Å². The van der Waals surface area contributed by atoms with Crippen molar-refractivity contribution in [1.29, 1.82) is 5.26 Å². The molecule has 1 heterocycles. The molecule has 1 aliphatic rings. The van der Waals surface area contributed by atoms with E-state index in [0.29, 0.717) is 18.5 Å². The summed E-state index contributed by atoms with van der Waals surface area (Å²) in [7, 11) is 0. The van der Waals surface area contributed by atoms with Gasteiger partial charge >= 0.3 is 0 Å². The molecule has 0 saturated carbocycles. The largest absolute Gasteiger partial charge is 0.342 e. The van der Waals surface area contributed by atoms with E-state index in [1.807, 2.05) is 6.07 Å². The monoisotopic (exact) mass is 252 g/mol. The lowest BCUT2D eigenvalue weighted by molar-refractivity contribution is -0.122. The zero-order valence-electron chi connectivity index (χ0n) is 11.4. The molecule has 0 aliphatic carbocycles. The molecule has 5 heteroatoms. The highest BCUT2D eigenvalue weighted by molar-refractivity contribution is 5.78. The average Bonchev–Trinajstić information content (AvgIpc) is 2.36. The molecular weight excluding hydrogens is 228 g/mol. The van der Waals surface area contributed by atoms with E-state index in [9.17, 15) is 4.79 Å². The van der Waals surface area contributed by atoms with Crippen molar-refractivity contribution in [1.82, 2.24) is 15.5 Å². The molecule has 1 fully saturated rings. The van der Waals surface area contributed by atoms with Gasteiger partial charge < -0.3 is 10.6 Å². The van der Waals surface area contributed by atoms with E-state index in [2.05, 4.69) is 29.4 Å². The Bertz CT molecular complexity index is 292. The van der Waals surface area contributed by atoms with Gasteiger partial charge in [0.25, 0.3) is 0 Å². The maximum atomic E-state index is 11.6. The third-order valence-electron chi connectivity index (χ3n) is 3.33. The Hall–Kier alpha value is -1.12. The molecule has 0 bridgehead atoms. The maximum Gasteiger partial charge on any atom is 0.235 e. The molecule has 1 aliphatic heterocycles. The summed E-state index contributed by atoms with van der Waals surface area (Å²) in [5.74, 6) is 0.568. The molecule has 1 amide bonds. The average molecular weight is 252 g/mol. The van der Waals surface area contributed by atoms with E-state index >= 15 is 0 Å². The fourth-order valence-corrected chi connectivity index (χ4v) is 2.25. The molecule has 18 heavy (non-hydrogen) atoms. The lowest BCUT2D eigenvalue weighted by Crippen LogP contribution is -2.45. The molecule has 1 saturated heterocycles. The van der Waals surface area contributed by atoms with Gasteiger partial charge in [0.1, 0.15) is 6.54 Å². The number of hydrogen-bond acceptors (Lipinski definition) is 4. The second kappa shape index (κ2) is 8.06. The van der Waals surface area contributed by atoms with Crippen LogP contribution in [0.2, 0.25) is 0 Å². The van der Waals surface area contributed by atoms with Crippen LogP contribution in [-0.2, 0) is 4.79 Å². The molecule has 0 aromatic rings. The van der Waals surface area contributed by atoms with E-state index in [0.717, 1.165) is 19.6 Å². The van der Waals surface area contributed by atoms with E-state index in [1.54, 1.807) is 0 Å². The molecule has 1 unspecified atom stereocenters. The van der Waals surface area contributed by atoms with Crippen LogP contribution in [0.4, 0.5) is 0 Å². The van der Waals surface area contributed by atoms with E-state index < -0.39 is 0 Å². The number of rotatable bonds is 6. The minimum Gasteiger partial charge on any atom is -0.342 e. The van der Waals surface area contributed by atoms with Crippen molar-refractivity contribution < 1.29 is 4.79 Å². The van der Waals surface area contributed by atoms with Crippen LogP contribution in [0.25, 0.3) is 0 Å². The Morgan fingerprint density at radius 1 is 1.61 bits per heavy atom. The summed E-state index contributed by atoms with van der Waals surface area (Å²) in [6.07, 6.45) is 2.45. The predicted molar refractivity (Wildman–Crippen MR) is 70.9 cm³/mol. The minimum absolute atomic E-state index is 0.0611. The third-order valence-corrected chi connectivity index (χ3v) is 3.33. The van der Waals surface area contributed by atoms with Gasteiger partial charge in [0, 0.05) is 12.6 Å². The Labute approximate surface area is 110 Å². The van der Waals surface area contributed by atoms with Crippen molar-refractivity contribution in [2.45, 2.75) is 32.7 Å². The summed E-state index contributed by atoms with van der Waals surface area (Å²) >= 11 is 0. The zero-order chi connectivity index (χ0) is 13.4. The smallest absolute Gasteiger partial charge is 0.235 e. The lowest BCUT2D eigenvalue weighted by atomic mass is 9.98. The van der Waals surface area contributed by atoms with Crippen LogP contribution in [0.15, 0.2) is 0 Å². The molecule has 0 spiro atoms. The van der Waals surface area contributed by atoms with E-state index in [-0.39, 0.29) is 12.5 Å². The molecule has 2 N–H and O–H groups in total. The summed E-state index contributed by atoms with van der Waals surface area (Å²) in [4.78, 5) is 13.8. The van der Waals surface area contributed by atoms with Gasteiger partial charge in [-0.15, -0.1) is 0 Å². The topological polar surface area (TPSA) is 68.2 Å². The Balaban J connectivity index is 2.39. The normalized spacial score (nSPS) is 19.8. The first-order valence-corrected chi connectivity index (χ1v) is 6.72. The summed E-state index contributed by atoms with van der Waals surface area (Å²) < 4.78 is 0. The van der Waals surface area contributed by atoms with Crippen LogP contribution < -0.4 is 10.6 Å². The number of carbonyl (C=O) groups is 1. The van der Waals surface area contributed by atoms with Gasteiger partial charge in [0.2, 0.25) is 5.91 Å². The molecule has 0 aromatic carbocycles. The first-order chi connectivity index (χ1) is 8.63. The number of carbonyl (C=O) groups excluding carboxylic acids is 1. The number of nitriles is 1. The maximum absolute atomic E-state index is 11.6. The van der Waals surface area contributed by atoms with Gasteiger partial charge in [0.15, 0.2) is 0 Å². The number of hydrogen-bond donors (Lipinski definition) is 2. The van der Waals surface area contributed by atoms with Gasteiger partial charge in [-0.1, -0.05) is 0 Å². The van der Waals surface area contributed by atoms with E-state index in [1.165, 1.54) is 12.8 Å². The van der Waals surface area contributed by atoms with Crippen LogP contribution in [0.1, 0.15) is 26.7 Å². The second-order valence-electron chi connectivity index (χ2n) is 5.17. The molecule has 1 rings (SSSR count). The number of nitrogens with one attached hydrogen (secondary N) is 2. The van der Waals surface area contributed by atoms with Gasteiger partial charge in [-0.25, -0.2) is 0 Å². The van der Waals surface area contributed by atoms with Gasteiger partial charge in [-0.05, 0) is 45.7 Å². The zero-order valence-corrected chi connectivity index (χ0v) is 11.4. The van der Waals surface area contributed by atoms with Crippen LogP contribution in [0.5, 0.6) is 0 Å². The molecule has 0 aromatic heterocycles. The minimum atomic E-state index is -0.0611. The molecule has 0 radical (unpaired) electrons. The van der Waals surface area contributed by atoms with Crippen molar-refractivity contribution in [3.8, 4) is 6.07 Å². The van der Waals surface area contributed by atoms with Crippen LogP contribution >= 0.6 is 0 Å². The fourth-order valence-electron chi connectivity index (χ4n) is 2.25. The van der Waals surface area contributed by atoms with E-state index in [4.69, 9.17) is 5.26 Å². The first kappa shape index (κ1) is 14.9. The van der Waals surface area contributed by atoms with Crippen LogP contribution in [0.3, 0.4) is 0 Å². The first-order valence-electron chi connectivity index (χ1n) is 6.72. The van der Waals surface area contributed by atoms with Gasteiger partial charge in [-0.2, -0.15) is 5.26 Å². The Morgan fingerprint density at radius 2 is 2.39 bits per heavy atom. The second-order valence-corrected chi connectivity index (χ2v) is 5.17. The van der Waals surface area contributed by atoms with Gasteiger partial charge in [-0.3, -0.25) is 9.69 Å². The summed E-state index contributed by atoms with van der Waals surface area (Å²) in [6.45, 7) is 7.79. The number of amides is 1. The van der Waals surface area contributed by atoms with Crippen LogP contribution in [0, 0.1) is 17.2 Å². The van der Waals surface area contributed by atoms with Crippen molar-refractivity contribution in [2.75, 3.05) is 32.7 Å².